The Balaban J connectivity index is 2.08. The first-order chi connectivity index (χ1) is 7.75. The quantitative estimate of drug-likeness (QED) is 0.789. The van der Waals surface area contributed by atoms with Gasteiger partial charge in [-0.3, -0.25) is 4.98 Å². The molecule has 0 saturated carbocycles. The van der Waals surface area contributed by atoms with Gasteiger partial charge in [-0.1, -0.05) is 0 Å². The van der Waals surface area contributed by atoms with Crippen molar-refractivity contribution in [2.45, 2.75) is 25.3 Å². The molecule has 16 heavy (non-hydrogen) atoms. The Morgan fingerprint density at radius 1 is 1.44 bits per heavy atom. The first kappa shape index (κ1) is 9.85. The van der Waals surface area contributed by atoms with Gasteiger partial charge in [0.15, 0.2) is 0 Å². The second-order valence-electron chi connectivity index (χ2n) is 4.86. The molecule has 1 atom stereocenters. The van der Waals surface area contributed by atoms with E-state index < -0.39 is 0 Å². The number of nitrogens with one attached hydrogen (secondary N) is 1. The van der Waals surface area contributed by atoms with E-state index in [0.29, 0.717) is 6.04 Å². The minimum Gasteiger partial charge on any atom is -0.358 e. The highest BCUT2D eigenvalue weighted by Gasteiger charge is 2.23. The molecule has 2 heterocycles. The Morgan fingerprint density at radius 2 is 2.31 bits per heavy atom. The number of hydrogen-bond donors (Lipinski definition) is 1. The van der Waals surface area contributed by atoms with Crippen molar-refractivity contribution in [2.24, 2.45) is 0 Å². The molecule has 0 amide bonds. The topological polar surface area (TPSA) is 31.9 Å². The summed E-state index contributed by atoms with van der Waals surface area (Å²) < 4.78 is 0. The van der Waals surface area contributed by atoms with Gasteiger partial charge in [-0.25, -0.2) is 0 Å². The van der Waals surface area contributed by atoms with Gasteiger partial charge in [-0.15, -0.1) is 0 Å². The Morgan fingerprint density at radius 3 is 3.12 bits per heavy atom. The van der Waals surface area contributed by atoms with E-state index in [1.54, 1.807) is 0 Å². The van der Waals surface area contributed by atoms with E-state index in [1.165, 1.54) is 28.6 Å². The van der Waals surface area contributed by atoms with Crippen LogP contribution < -0.4 is 0 Å². The molecule has 84 valence electrons. The molecule has 0 bridgehead atoms. The van der Waals surface area contributed by atoms with Gasteiger partial charge in [-0.2, -0.15) is 0 Å². The van der Waals surface area contributed by atoms with Gasteiger partial charge in [-0.05, 0) is 45.0 Å². The zero-order valence-electron chi connectivity index (χ0n) is 9.83. The average Bonchev–Trinajstić information content (AvgIpc) is 2.66. The molecule has 3 nitrogen and oxygen atoms in total. The molecule has 1 N–H and O–H groups in total. The van der Waals surface area contributed by atoms with Gasteiger partial charge in [0.2, 0.25) is 0 Å². The van der Waals surface area contributed by atoms with Gasteiger partial charge in [0.1, 0.15) is 0 Å². The van der Waals surface area contributed by atoms with Crippen molar-refractivity contribution in [3.8, 4) is 0 Å². The number of rotatable bonds is 1. The lowest BCUT2D eigenvalue weighted by molar-refractivity contribution is 0.268. The standard InChI is InChI=1S/C13H17N3/c1-16(2)9-3-4-12-10(7-9)11-8-14-6-5-13(11)15-12/h5-6,8-9,15H,3-4,7H2,1-2H3/t9-/m0/s1. The molecule has 0 saturated heterocycles. The third kappa shape index (κ3) is 1.43. The molecular formula is C13H17N3. The van der Waals surface area contributed by atoms with Crippen LogP contribution in [0.25, 0.3) is 10.9 Å². The number of fused-ring (bicyclic) bond motifs is 3. The van der Waals surface area contributed by atoms with E-state index in [-0.39, 0.29) is 0 Å². The predicted octanol–water partition coefficient (Wildman–Crippen LogP) is 1.98. The molecule has 0 aromatic carbocycles. The second-order valence-corrected chi connectivity index (χ2v) is 4.86. The van der Waals surface area contributed by atoms with E-state index in [1.807, 2.05) is 12.4 Å². The van der Waals surface area contributed by atoms with Crippen LogP contribution in [0.15, 0.2) is 18.5 Å². The summed E-state index contributed by atoms with van der Waals surface area (Å²) >= 11 is 0. The van der Waals surface area contributed by atoms with E-state index in [2.05, 4.69) is 35.0 Å². The van der Waals surface area contributed by atoms with Crippen LogP contribution in [-0.2, 0) is 12.8 Å². The normalized spacial score (nSPS) is 20.3. The van der Waals surface area contributed by atoms with Crippen molar-refractivity contribution in [3.05, 3.63) is 29.7 Å². The number of hydrogen-bond acceptors (Lipinski definition) is 2. The lowest BCUT2D eigenvalue weighted by atomic mass is 9.91. The van der Waals surface area contributed by atoms with Crippen molar-refractivity contribution < 1.29 is 0 Å². The van der Waals surface area contributed by atoms with E-state index >= 15 is 0 Å². The van der Waals surface area contributed by atoms with Crippen LogP contribution in [0, 0.1) is 0 Å². The van der Waals surface area contributed by atoms with Crippen LogP contribution in [0.5, 0.6) is 0 Å². The van der Waals surface area contributed by atoms with Gasteiger partial charge in [0.05, 0.1) is 0 Å². The van der Waals surface area contributed by atoms with E-state index in [0.717, 1.165) is 12.8 Å². The zero-order valence-corrected chi connectivity index (χ0v) is 9.83. The minimum atomic E-state index is 0.673. The molecule has 0 spiro atoms. The fourth-order valence-electron chi connectivity index (χ4n) is 2.68. The Kier molecular flexibility index (Phi) is 2.21. The molecule has 0 fully saturated rings. The SMILES string of the molecule is CN(C)[C@H]1CCc2[nH]c3ccncc3c2C1. The number of likely N-dealkylation sites (N-methyl/N-ethyl adjacent to an activating group) is 1. The highest BCUT2D eigenvalue weighted by atomic mass is 15.1. The second kappa shape index (κ2) is 3.59. The largest absolute Gasteiger partial charge is 0.358 e. The maximum Gasteiger partial charge on any atom is 0.0490 e. The molecule has 0 unspecified atom stereocenters. The predicted molar refractivity (Wildman–Crippen MR) is 65.6 cm³/mol. The van der Waals surface area contributed by atoms with Crippen LogP contribution in [0.4, 0.5) is 0 Å². The van der Waals surface area contributed by atoms with E-state index in [9.17, 15) is 0 Å². The summed E-state index contributed by atoms with van der Waals surface area (Å²) in [5, 5.41) is 1.31. The first-order valence-electron chi connectivity index (χ1n) is 5.85. The Labute approximate surface area is 95.5 Å². The molecule has 3 rings (SSSR count). The summed E-state index contributed by atoms with van der Waals surface area (Å²) in [6.45, 7) is 0. The fourth-order valence-corrected chi connectivity index (χ4v) is 2.68. The number of aromatic nitrogens is 2. The number of aryl methyl sites for hydroxylation is 1. The summed E-state index contributed by atoms with van der Waals surface area (Å²) in [5.41, 5.74) is 4.13. The van der Waals surface area contributed by atoms with Gasteiger partial charge >= 0.3 is 0 Å². The van der Waals surface area contributed by atoms with Crippen molar-refractivity contribution in [1.29, 1.82) is 0 Å². The molecule has 2 aromatic heterocycles. The van der Waals surface area contributed by atoms with Gasteiger partial charge in [0, 0.05) is 35.0 Å². The van der Waals surface area contributed by atoms with Crippen LogP contribution in [0.3, 0.4) is 0 Å². The summed E-state index contributed by atoms with van der Waals surface area (Å²) in [6, 6.07) is 2.74. The average molecular weight is 215 g/mol. The third-order valence-electron chi connectivity index (χ3n) is 3.69. The minimum absolute atomic E-state index is 0.673. The summed E-state index contributed by atoms with van der Waals surface area (Å²) in [4.78, 5) is 10.1. The number of nitrogens with zero attached hydrogens (tertiary/aromatic N) is 2. The van der Waals surface area contributed by atoms with Gasteiger partial charge in [0.25, 0.3) is 0 Å². The van der Waals surface area contributed by atoms with Crippen LogP contribution in [0.2, 0.25) is 0 Å². The lowest BCUT2D eigenvalue weighted by Crippen LogP contribution is -2.33. The molecule has 0 aliphatic heterocycles. The van der Waals surface area contributed by atoms with Crippen molar-refractivity contribution in [3.63, 3.8) is 0 Å². The summed E-state index contributed by atoms with van der Waals surface area (Å²) in [7, 11) is 4.34. The number of pyridine rings is 1. The van der Waals surface area contributed by atoms with Crippen LogP contribution in [0.1, 0.15) is 17.7 Å². The monoisotopic (exact) mass is 215 g/mol. The first-order valence-corrected chi connectivity index (χ1v) is 5.85. The molecule has 1 aliphatic carbocycles. The maximum atomic E-state index is 4.23. The molecular weight excluding hydrogens is 198 g/mol. The number of aromatic amines is 1. The summed E-state index contributed by atoms with van der Waals surface area (Å²) in [5.74, 6) is 0. The molecule has 3 heteroatoms. The molecule has 0 radical (unpaired) electrons. The third-order valence-corrected chi connectivity index (χ3v) is 3.69. The molecule has 2 aromatic rings. The van der Waals surface area contributed by atoms with E-state index in [4.69, 9.17) is 0 Å². The highest BCUT2D eigenvalue weighted by Crippen LogP contribution is 2.29. The van der Waals surface area contributed by atoms with Crippen molar-refractivity contribution >= 4 is 10.9 Å². The van der Waals surface area contributed by atoms with Crippen molar-refractivity contribution in [2.75, 3.05) is 14.1 Å². The Hall–Kier alpha value is -1.35. The Bertz CT molecular complexity index is 513. The number of H-pyrrole nitrogens is 1. The molecule has 1 aliphatic rings. The smallest absolute Gasteiger partial charge is 0.0490 e. The van der Waals surface area contributed by atoms with Crippen LogP contribution >= 0.6 is 0 Å². The fraction of sp³-hybridized carbons (Fsp3) is 0.462. The highest BCUT2D eigenvalue weighted by molar-refractivity contribution is 5.84. The van der Waals surface area contributed by atoms with Crippen LogP contribution in [-0.4, -0.2) is 35.0 Å². The van der Waals surface area contributed by atoms with Gasteiger partial charge < -0.3 is 9.88 Å². The zero-order chi connectivity index (χ0) is 11.1. The lowest BCUT2D eigenvalue weighted by Gasteiger charge is -2.28. The van der Waals surface area contributed by atoms with Crippen molar-refractivity contribution in [1.82, 2.24) is 14.9 Å². The summed E-state index contributed by atoms with van der Waals surface area (Å²) in [6.07, 6.45) is 7.40. The maximum absolute atomic E-state index is 4.23.